The van der Waals surface area contributed by atoms with E-state index < -0.39 is 0 Å². The van der Waals surface area contributed by atoms with Gasteiger partial charge in [-0.1, -0.05) is 66.0 Å². The van der Waals surface area contributed by atoms with E-state index >= 15 is 0 Å². The van der Waals surface area contributed by atoms with E-state index in [0.717, 1.165) is 42.4 Å². The highest BCUT2D eigenvalue weighted by Crippen LogP contribution is 2.68. The van der Waals surface area contributed by atoms with Crippen molar-refractivity contribution >= 4 is 0 Å². The minimum atomic E-state index is -0.0813. The molecule has 0 heterocycles. The average Bonchev–Trinajstić information content (AvgIpc) is 3.00. The topological polar surface area (TPSA) is 20.2 Å². The Morgan fingerprint density at radius 1 is 1.07 bits per heavy atom. The number of aliphatic hydroxyl groups excluding tert-OH is 1. The second-order valence-electron chi connectivity index (χ2n) is 13.1. The largest absolute Gasteiger partial charge is 0.393 e. The second kappa shape index (κ2) is 7.68. The quantitative estimate of drug-likeness (QED) is 0.467. The molecule has 166 valence electrons. The Kier molecular flexibility index (Phi) is 5.81. The van der Waals surface area contributed by atoms with Gasteiger partial charge in [-0.2, -0.15) is 0 Å². The van der Waals surface area contributed by atoms with Gasteiger partial charge in [0.25, 0.3) is 0 Å². The molecular weight excluding hydrogens is 352 g/mol. The molecule has 0 aromatic carbocycles. The molecule has 1 N–H and O–H groups in total. The molecule has 0 aliphatic heterocycles. The summed E-state index contributed by atoms with van der Waals surface area (Å²) in [6.45, 7) is 15.2. The number of fused-ring (bicyclic) bond motifs is 5. The van der Waals surface area contributed by atoms with Gasteiger partial charge in [0.15, 0.2) is 0 Å². The molecule has 4 rings (SSSR count). The molecule has 1 nitrogen and oxygen atoms in total. The van der Waals surface area contributed by atoms with Crippen molar-refractivity contribution < 1.29 is 5.11 Å². The first kappa shape index (κ1) is 21.9. The van der Waals surface area contributed by atoms with Gasteiger partial charge in [-0.15, -0.1) is 0 Å². The Bertz CT molecular complexity index is 630. The zero-order valence-corrected chi connectivity index (χ0v) is 20.3. The van der Waals surface area contributed by atoms with E-state index in [4.69, 9.17) is 0 Å². The summed E-state index contributed by atoms with van der Waals surface area (Å²) in [5.74, 6) is 4.44. The van der Waals surface area contributed by atoms with Crippen LogP contribution in [-0.4, -0.2) is 11.2 Å². The number of hydrogen-bond acceptors (Lipinski definition) is 1. The maximum atomic E-state index is 10.2. The zero-order valence-electron chi connectivity index (χ0n) is 20.3. The zero-order chi connectivity index (χ0) is 21.0. The Morgan fingerprint density at radius 3 is 2.55 bits per heavy atom. The first-order valence-corrected chi connectivity index (χ1v) is 13.0. The highest BCUT2D eigenvalue weighted by atomic mass is 16.3. The number of hydrogen-bond donors (Lipinski definition) is 1. The third-order valence-corrected chi connectivity index (χ3v) is 10.6. The lowest BCUT2D eigenvalue weighted by atomic mass is 9.46. The van der Waals surface area contributed by atoms with E-state index in [9.17, 15) is 5.11 Å². The summed E-state index contributed by atoms with van der Waals surface area (Å²) in [6.07, 6.45) is 17.0. The molecule has 4 aliphatic carbocycles. The van der Waals surface area contributed by atoms with Crippen molar-refractivity contribution in [2.45, 2.75) is 118 Å². The van der Waals surface area contributed by atoms with Gasteiger partial charge in [0.05, 0.1) is 6.10 Å². The molecule has 0 bridgehead atoms. The van der Waals surface area contributed by atoms with Gasteiger partial charge in [-0.3, -0.25) is 0 Å². The molecule has 6 unspecified atom stereocenters. The minimum absolute atomic E-state index is 0.0813. The van der Waals surface area contributed by atoms with Crippen LogP contribution in [0.1, 0.15) is 112 Å². The molecular formula is C28H48O. The summed E-state index contributed by atoms with van der Waals surface area (Å²) in [4.78, 5) is 0. The Morgan fingerprint density at radius 2 is 1.83 bits per heavy atom. The molecule has 0 saturated heterocycles. The lowest BCUT2D eigenvalue weighted by Gasteiger charge is -2.59. The summed E-state index contributed by atoms with van der Waals surface area (Å²) >= 11 is 0. The molecule has 0 spiro atoms. The summed E-state index contributed by atoms with van der Waals surface area (Å²) in [6, 6.07) is 0. The van der Waals surface area contributed by atoms with Crippen molar-refractivity contribution in [3.05, 3.63) is 11.6 Å². The third kappa shape index (κ3) is 3.66. The first-order valence-electron chi connectivity index (χ1n) is 13.0. The number of rotatable bonds is 5. The summed E-state index contributed by atoms with van der Waals surface area (Å²) in [7, 11) is 0. The standard InChI is InChI=1S/C28H48O/c1-19(2)8-7-15-26(3,4)25-12-11-23-22-10-9-20-18-21(29)13-16-27(20,5)24(22)14-17-28(23,25)6/h9,19,21-25,29H,7-8,10-18H2,1-6H3/t21?,22?,23?,24?,25-,27?,28?/m1/s1. The third-order valence-electron chi connectivity index (χ3n) is 10.6. The summed E-state index contributed by atoms with van der Waals surface area (Å²) in [5.41, 5.74) is 3.04. The molecule has 29 heavy (non-hydrogen) atoms. The van der Waals surface area contributed by atoms with E-state index in [1.165, 1.54) is 57.8 Å². The van der Waals surface area contributed by atoms with Crippen molar-refractivity contribution in [3.63, 3.8) is 0 Å². The van der Waals surface area contributed by atoms with Crippen LogP contribution in [0.3, 0.4) is 0 Å². The van der Waals surface area contributed by atoms with Gasteiger partial charge in [0.2, 0.25) is 0 Å². The molecule has 0 radical (unpaired) electrons. The molecule has 0 amide bonds. The van der Waals surface area contributed by atoms with Crippen molar-refractivity contribution in [1.82, 2.24) is 0 Å². The summed E-state index contributed by atoms with van der Waals surface area (Å²) < 4.78 is 0. The lowest BCUT2D eigenvalue weighted by molar-refractivity contribution is -0.0695. The fourth-order valence-electron chi connectivity index (χ4n) is 9.07. The highest BCUT2D eigenvalue weighted by Gasteiger charge is 2.60. The maximum Gasteiger partial charge on any atom is 0.0577 e. The van der Waals surface area contributed by atoms with Gasteiger partial charge in [0.1, 0.15) is 0 Å². The molecule has 7 atom stereocenters. The second-order valence-corrected chi connectivity index (χ2v) is 13.1. The predicted molar refractivity (Wildman–Crippen MR) is 124 cm³/mol. The van der Waals surface area contributed by atoms with Crippen LogP contribution < -0.4 is 0 Å². The summed E-state index contributed by atoms with van der Waals surface area (Å²) in [5, 5.41) is 10.2. The SMILES string of the molecule is CC(C)CCCC(C)(C)[C@H]1CCC2C3CC=C4CC(O)CCC4(C)C3CCC21C. The minimum Gasteiger partial charge on any atom is -0.393 e. The van der Waals surface area contributed by atoms with Crippen molar-refractivity contribution in [2.75, 3.05) is 0 Å². The molecule has 0 aromatic rings. The Balaban J connectivity index is 1.53. The van der Waals surface area contributed by atoms with Gasteiger partial charge < -0.3 is 5.11 Å². The molecule has 3 fully saturated rings. The van der Waals surface area contributed by atoms with E-state index in [-0.39, 0.29) is 6.10 Å². The maximum absolute atomic E-state index is 10.2. The number of allylic oxidation sites excluding steroid dienone is 1. The van der Waals surface area contributed by atoms with Crippen LogP contribution in [0.4, 0.5) is 0 Å². The van der Waals surface area contributed by atoms with Gasteiger partial charge in [-0.05, 0) is 104 Å². The molecule has 4 aliphatic rings. The number of aliphatic hydroxyl groups is 1. The van der Waals surface area contributed by atoms with Crippen LogP contribution in [-0.2, 0) is 0 Å². The van der Waals surface area contributed by atoms with Crippen molar-refractivity contribution in [3.8, 4) is 0 Å². The van der Waals surface area contributed by atoms with Crippen LogP contribution >= 0.6 is 0 Å². The monoisotopic (exact) mass is 400 g/mol. The lowest BCUT2D eigenvalue weighted by Crippen LogP contribution is -2.51. The average molecular weight is 401 g/mol. The van der Waals surface area contributed by atoms with Gasteiger partial charge in [0, 0.05) is 0 Å². The van der Waals surface area contributed by atoms with Crippen LogP contribution in [0.2, 0.25) is 0 Å². The van der Waals surface area contributed by atoms with Crippen LogP contribution in [0.15, 0.2) is 11.6 Å². The molecule has 0 aromatic heterocycles. The van der Waals surface area contributed by atoms with Crippen molar-refractivity contribution in [1.29, 1.82) is 0 Å². The molecule has 1 heteroatoms. The van der Waals surface area contributed by atoms with Gasteiger partial charge >= 0.3 is 0 Å². The Hall–Kier alpha value is -0.300. The smallest absolute Gasteiger partial charge is 0.0577 e. The van der Waals surface area contributed by atoms with Crippen LogP contribution in [0.5, 0.6) is 0 Å². The fraction of sp³-hybridized carbons (Fsp3) is 0.929. The van der Waals surface area contributed by atoms with E-state index in [1.54, 1.807) is 5.57 Å². The van der Waals surface area contributed by atoms with Gasteiger partial charge in [-0.25, -0.2) is 0 Å². The fourth-order valence-corrected chi connectivity index (χ4v) is 9.07. The van der Waals surface area contributed by atoms with Crippen LogP contribution in [0, 0.1) is 45.8 Å². The highest BCUT2D eigenvalue weighted by molar-refractivity contribution is 5.25. The van der Waals surface area contributed by atoms with Crippen molar-refractivity contribution in [2.24, 2.45) is 45.8 Å². The first-order chi connectivity index (χ1) is 13.6. The van der Waals surface area contributed by atoms with Crippen LogP contribution in [0.25, 0.3) is 0 Å². The molecule has 3 saturated carbocycles. The normalized spacial score (nSPS) is 44.8. The predicted octanol–water partition coefficient (Wildman–Crippen LogP) is 7.78. The van der Waals surface area contributed by atoms with E-state index in [2.05, 4.69) is 47.6 Å². The van der Waals surface area contributed by atoms with E-state index in [1.807, 2.05) is 0 Å². The Labute approximate surface area is 181 Å². The van der Waals surface area contributed by atoms with E-state index in [0.29, 0.717) is 16.2 Å².